The number of benzene rings is 4. The van der Waals surface area contributed by atoms with Crippen molar-refractivity contribution >= 4 is 36.4 Å². The summed E-state index contributed by atoms with van der Waals surface area (Å²) >= 11 is 0. The van der Waals surface area contributed by atoms with Crippen molar-refractivity contribution in [1.82, 2.24) is 25.1 Å². The largest absolute Gasteiger partial charge is 0.524 e. The lowest BCUT2D eigenvalue weighted by Crippen LogP contribution is -2.76. The fourth-order valence-electron chi connectivity index (χ4n) is 7.05. The number of fused-ring (bicyclic) bond motifs is 2. The molecule has 2 atom stereocenters. The fraction of sp³-hybridized carbons (Fsp3) is 0.375. The third-order valence-corrected chi connectivity index (χ3v) is 10.4. The van der Waals surface area contributed by atoms with E-state index in [2.05, 4.69) is 30.6 Å². The molecule has 3 N–H and O–H groups in total. The number of urea groups is 1. The van der Waals surface area contributed by atoms with Crippen LogP contribution in [0.1, 0.15) is 56.7 Å². The summed E-state index contributed by atoms with van der Waals surface area (Å²) in [5, 5.41) is 8.10. The summed E-state index contributed by atoms with van der Waals surface area (Å²) < 4.78 is 15.9. The molecule has 0 spiro atoms. The Morgan fingerprint density at radius 3 is 2.15 bits per heavy atom. The molecular weight excluding hydrogens is 693 g/mol. The van der Waals surface area contributed by atoms with Crippen molar-refractivity contribution in [3.63, 3.8) is 0 Å². The van der Waals surface area contributed by atoms with Gasteiger partial charge in [0.15, 0.2) is 0 Å². The van der Waals surface area contributed by atoms with Gasteiger partial charge in [-0.25, -0.2) is 19.4 Å². The smallest absolute Gasteiger partial charge is 0.404 e. The second-order valence-electron chi connectivity index (χ2n) is 13.5. The first kappa shape index (κ1) is 39.5. The lowest BCUT2D eigenvalue weighted by Gasteiger charge is -2.54. The number of carbonyl (C=O) groups excluding carboxylic acids is 3. The first-order chi connectivity index (χ1) is 25.4. The van der Waals surface area contributed by atoms with E-state index in [9.17, 15) is 18.9 Å². The number of nitrogens with one attached hydrogen (secondary N) is 1. The molecule has 4 aromatic carbocycles. The van der Waals surface area contributed by atoms with Gasteiger partial charge in [0, 0.05) is 26.6 Å². The van der Waals surface area contributed by atoms with Crippen molar-refractivity contribution in [3.05, 3.63) is 114 Å². The van der Waals surface area contributed by atoms with Gasteiger partial charge < -0.3 is 19.6 Å². The second-order valence-corrected chi connectivity index (χ2v) is 14.6. The maximum Gasteiger partial charge on any atom is 0.524 e. The normalized spacial score (nSPS) is 17.8. The minimum Gasteiger partial charge on any atom is -0.404 e. The van der Waals surface area contributed by atoms with Crippen LogP contribution < -0.4 is 9.84 Å². The molecule has 2 heterocycles. The van der Waals surface area contributed by atoms with Gasteiger partial charge in [0.05, 0.1) is 13.1 Å². The zero-order chi connectivity index (χ0) is 38.1. The second kappa shape index (κ2) is 17.9. The Labute approximate surface area is 311 Å². The Hall–Kier alpha value is -4.74. The molecule has 13 heteroatoms. The Bertz CT molecular complexity index is 1890. The van der Waals surface area contributed by atoms with Gasteiger partial charge in [-0.3, -0.25) is 19.4 Å². The highest BCUT2D eigenvalue weighted by atomic mass is 31.2. The van der Waals surface area contributed by atoms with Gasteiger partial charge in [-0.15, -0.1) is 0 Å². The van der Waals surface area contributed by atoms with Crippen LogP contribution in [0.25, 0.3) is 10.8 Å². The van der Waals surface area contributed by atoms with Crippen LogP contribution in [0.3, 0.4) is 0 Å². The first-order valence-corrected chi connectivity index (χ1v) is 19.7. The summed E-state index contributed by atoms with van der Waals surface area (Å²) in [6.07, 6.45) is 3.40. The molecule has 0 aromatic heterocycles. The van der Waals surface area contributed by atoms with Crippen molar-refractivity contribution in [2.24, 2.45) is 5.92 Å². The number of nitrogens with zero attached hydrogens (tertiary/aromatic N) is 4. The van der Waals surface area contributed by atoms with Gasteiger partial charge in [0.25, 0.3) is 0 Å². The van der Waals surface area contributed by atoms with Crippen LogP contribution in [0.5, 0.6) is 5.75 Å². The molecule has 0 aliphatic carbocycles. The Balaban J connectivity index is 0.000000705. The lowest BCUT2D eigenvalue weighted by molar-refractivity contribution is -0.187. The molecule has 282 valence electrons. The molecular formula is C40H50N5O7P. The van der Waals surface area contributed by atoms with Gasteiger partial charge in [-0.1, -0.05) is 125 Å². The molecule has 0 bridgehead atoms. The van der Waals surface area contributed by atoms with Crippen LogP contribution in [-0.2, 0) is 33.7 Å². The summed E-state index contributed by atoms with van der Waals surface area (Å²) in [5.41, 5.74) is 2.51. The summed E-state index contributed by atoms with van der Waals surface area (Å²) in [5.74, 6) is 0.408. The number of hydrogen-bond donors (Lipinski definition) is 3. The summed E-state index contributed by atoms with van der Waals surface area (Å²) in [6, 6.07) is 28.0. The molecule has 2 aliphatic heterocycles. The van der Waals surface area contributed by atoms with E-state index in [4.69, 9.17) is 9.79 Å². The highest BCUT2D eigenvalue weighted by Gasteiger charge is 2.50. The van der Waals surface area contributed by atoms with E-state index in [-0.39, 0.29) is 50.2 Å². The number of phosphoric ester groups is 1. The van der Waals surface area contributed by atoms with Gasteiger partial charge in [-0.2, -0.15) is 0 Å². The quantitative estimate of drug-likeness (QED) is 0.152. The molecule has 0 unspecified atom stereocenters. The number of rotatable bonds is 11. The zero-order valence-electron chi connectivity index (χ0n) is 30.8. The van der Waals surface area contributed by atoms with Crippen molar-refractivity contribution in [3.8, 4) is 5.75 Å². The summed E-state index contributed by atoms with van der Waals surface area (Å²) in [7, 11) is -3.07. The van der Waals surface area contributed by atoms with Crippen molar-refractivity contribution in [1.29, 1.82) is 0 Å². The fourth-order valence-corrected chi connectivity index (χ4v) is 7.45. The predicted octanol–water partition coefficient (Wildman–Crippen LogP) is 6.32. The van der Waals surface area contributed by atoms with Gasteiger partial charge in [-0.05, 0) is 45.5 Å². The van der Waals surface area contributed by atoms with Crippen molar-refractivity contribution in [2.75, 3.05) is 20.1 Å². The Morgan fingerprint density at radius 1 is 0.868 bits per heavy atom. The molecule has 0 saturated carbocycles. The van der Waals surface area contributed by atoms with Crippen LogP contribution in [0, 0.1) is 5.92 Å². The van der Waals surface area contributed by atoms with E-state index in [0.717, 1.165) is 27.8 Å². The third kappa shape index (κ3) is 10.0. The van der Waals surface area contributed by atoms with Crippen LogP contribution in [-0.4, -0.2) is 79.8 Å². The van der Waals surface area contributed by atoms with E-state index in [0.29, 0.717) is 5.56 Å². The summed E-state index contributed by atoms with van der Waals surface area (Å²) in [6.45, 7) is 7.34. The first-order valence-electron chi connectivity index (χ1n) is 18.1. The highest BCUT2D eigenvalue weighted by Crippen LogP contribution is 2.38. The molecule has 2 aliphatic rings. The topological polar surface area (TPSA) is 143 Å². The standard InChI is InChI=1S/C33H34N5O7P.C7H16/c1-35-22-31(39)37-29(18-23-14-16-27(17-15-23)45-46(42,43)44)32(40)36(20-26-12-7-11-25-10-5-6-13-28(25)26)21-30(37)38(35)33(41)34-19-24-8-3-2-4-9-24;1-4-7(5-2)6-3/h2-17,29-30H,18-22H2,1H3,(H,34,41)(H2,42,43,44);7H,4-6H2,1-3H3/t29-,30-;/m0./s1. The molecule has 2 fully saturated rings. The van der Waals surface area contributed by atoms with E-state index in [1.54, 1.807) is 29.1 Å². The van der Waals surface area contributed by atoms with Crippen LogP contribution in [0.2, 0.25) is 0 Å². The number of amides is 4. The molecule has 2 saturated heterocycles. The van der Waals surface area contributed by atoms with Crippen molar-refractivity contribution < 1.29 is 33.3 Å². The van der Waals surface area contributed by atoms with E-state index in [1.165, 1.54) is 41.3 Å². The SMILES string of the molecule is CCC(CC)CC.CN1CC(=O)N2[C@@H](Cc3ccc(OP(=O)(O)O)cc3)C(=O)N(Cc3cccc4ccccc34)C[C@@H]2N1C(=O)NCc1ccccc1. The molecule has 6 rings (SSSR count). The number of phosphoric acid groups is 1. The number of piperazine rings is 1. The van der Waals surface area contributed by atoms with Crippen molar-refractivity contribution in [2.45, 2.75) is 71.8 Å². The number of hydrogen-bond acceptors (Lipinski definition) is 6. The Morgan fingerprint density at radius 2 is 1.51 bits per heavy atom. The van der Waals surface area contributed by atoms with E-state index in [1.807, 2.05) is 72.8 Å². The van der Waals surface area contributed by atoms with Gasteiger partial charge >= 0.3 is 13.9 Å². The monoisotopic (exact) mass is 743 g/mol. The minimum atomic E-state index is -4.74. The number of carbonyl (C=O) groups is 3. The van der Waals surface area contributed by atoms with Crippen LogP contribution in [0.4, 0.5) is 4.79 Å². The average Bonchev–Trinajstić information content (AvgIpc) is 3.14. The van der Waals surface area contributed by atoms with Crippen LogP contribution in [0.15, 0.2) is 97.1 Å². The average molecular weight is 744 g/mol. The molecule has 53 heavy (non-hydrogen) atoms. The summed E-state index contributed by atoms with van der Waals surface area (Å²) in [4.78, 5) is 63.2. The van der Waals surface area contributed by atoms with Crippen LogP contribution >= 0.6 is 7.82 Å². The minimum absolute atomic E-state index is 0.0283. The highest BCUT2D eigenvalue weighted by molar-refractivity contribution is 7.46. The lowest BCUT2D eigenvalue weighted by atomic mass is 9.97. The number of hydrazine groups is 1. The predicted molar refractivity (Wildman–Crippen MR) is 204 cm³/mol. The molecule has 12 nitrogen and oxygen atoms in total. The third-order valence-electron chi connectivity index (χ3n) is 9.98. The van der Waals surface area contributed by atoms with E-state index >= 15 is 0 Å². The molecule has 4 amide bonds. The van der Waals surface area contributed by atoms with E-state index < -0.39 is 26.1 Å². The van der Waals surface area contributed by atoms with Gasteiger partial charge in [0.2, 0.25) is 11.8 Å². The maximum atomic E-state index is 14.3. The number of likely N-dealkylation sites (N-methyl/N-ethyl adjacent to an activating group) is 1. The van der Waals surface area contributed by atoms with Gasteiger partial charge in [0.1, 0.15) is 18.0 Å². The molecule has 4 aromatic rings. The zero-order valence-corrected chi connectivity index (χ0v) is 31.7. The Kier molecular flexibility index (Phi) is 13.3. The maximum absolute atomic E-state index is 14.3. The molecule has 0 radical (unpaired) electrons.